The molecule has 0 aliphatic carbocycles. The molecule has 1 aliphatic heterocycles. The van der Waals surface area contributed by atoms with Crippen LogP contribution in [0.2, 0.25) is 0 Å². The van der Waals surface area contributed by atoms with Crippen LogP contribution in [-0.2, 0) is 0 Å². The van der Waals surface area contributed by atoms with Crippen LogP contribution in [-0.4, -0.2) is 43.6 Å². The number of nitrogens with zero attached hydrogens (tertiary/aromatic N) is 1. The molecule has 0 bridgehead atoms. The molecular formula is C16H24N2O2. The molecule has 1 aromatic carbocycles. The molecular weight excluding hydrogens is 252 g/mol. The summed E-state index contributed by atoms with van der Waals surface area (Å²) < 4.78 is 5.48. The number of hydrogen-bond acceptors (Lipinski definition) is 3. The molecule has 1 N–H and O–H groups in total. The first-order chi connectivity index (χ1) is 9.81. The van der Waals surface area contributed by atoms with E-state index >= 15 is 0 Å². The number of carbonyl (C=O) groups is 1. The molecule has 1 saturated heterocycles. The van der Waals surface area contributed by atoms with Gasteiger partial charge in [0.15, 0.2) is 0 Å². The second-order valence-corrected chi connectivity index (χ2v) is 5.09. The summed E-state index contributed by atoms with van der Waals surface area (Å²) in [4.78, 5) is 14.6. The fourth-order valence-corrected chi connectivity index (χ4v) is 2.54. The van der Waals surface area contributed by atoms with Crippen LogP contribution < -0.4 is 10.1 Å². The van der Waals surface area contributed by atoms with E-state index in [1.807, 2.05) is 25.1 Å². The fraction of sp³-hybridized carbons (Fsp3) is 0.562. The molecule has 0 atom stereocenters. The van der Waals surface area contributed by atoms with Gasteiger partial charge in [-0.1, -0.05) is 18.6 Å². The molecule has 0 aromatic heterocycles. The maximum atomic E-state index is 12.2. The van der Waals surface area contributed by atoms with E-state index in [0.29, 0.717) is 24.5 Å². The van der Waals surface area contributed by atoms with E-state index in [-0.39, 0.29) is 5.91 Å². The molecule has 0 spiro atoms. The Morgan fingerprint density at radius 1 is 1.25 bits per heavy atom. The van der Waals surface area contributed by atoms with Crippen molar-refractivity contribution in [1.82, 2.24) is 10.2 Å². The second kappa shape index (κ2) is 7.90. The molecule has 1 aliphatic rings. The molecule has 110 valence electrons. The van der Waals surface area contributed by atoms with Crippen molar-refractivity contribution in [2.45, 2.75) is 26.2 Å². The average molecular weight is 276 g/mol. The van der Waals surface area contributed by atoms with Crippen molar-refractivity contribution in [2.24, 2.45) is 0 Å². The van der Waals surface area contributed by atoms with Crippen LogP contribution in [0.25, 0.3) is 0 Å². The standard InChI is InChI=1S/C16H24N2O2/c1-2-20-15-9-5-4-8-14(15)16(19)17-10-13-18-11-6-3-7-12-18/h4-5,8-9H,2-3,6-7,10-13H2,1H3,(H,17,19). The minimum absolute atomic E-state index is 0.0499. The average Bonchev–Trinajstić information content (AvgIpc) is 2.49. The van der Waals surface area contributed by atoms with Gasteiger partial charge in [-0.15, -0.1) is 0 Å². The van der Waals surface area contributed by atoms with Crippen molar-refractivity contribution >= 4 is 5.91 Å². The lowest BCUT2D eigenvalue weighted by Crippen LogP contribution is -2.37. The molecule has 1 heterocycles. The van der Waals surface area contributed by atoms with Crippen LogP contribution in [0.1, 0.15) is 36.5 Å². The van der Waals surface area contributed by atoms with Crippen molar-refractivity contribution in [3.05, 3.63) is 29.8 Å². The maximum absolute atomic E-state index is 12.2. The fourth-order valence-electron chi connectivity index (χ4n) is 2.54. The third-order valence-electron chi connectivity index (χ3n) is 3.59. The highest BCUT2D eigenvalue weighted by atomic mass is 16.5. The Bertz CT molecular complexity index is 428. The number of piperidine rings is 1. The van der Waals surface area contributed by atoms with E-state index in [0.717, 1.165) is 19.6 Å². The van der Waals surface area contributed by atoms with Gasteiger partial charge >= 0.3 is 0 Å². The Labute approximate surface area is 121 Å². The molecule has 20 heavy (non-hydrogen) atoms. The third kappa shape index (κ3) is 4.23. The maximum Gasteiger partial charge on any atom is 0.255 e. The van der Waals surface area contributed by atoms with E-state index in [9.17, 15) is 4.79 Å². The largest absolute Gasteiger partial charge is 0.493 e. The number of benzene rings is 1. The quantitative estimate of drug-likeness (QED) is 0.867. The van der Waals surface area contributed by atoms with Crippen LogP contribution in [0.5, 0.6) is 5.75 Å². The normalized spacial score (nSPS) is 15.8. The summed E-state index contributed by atoms with van der Waals surface area (Å²) in [6.45, 7) is 6.43. The molecule has 2 rings (SSSR count). The summed E-state index contributed by atoms with van der Waals surface area (Å²) in [5.41, 5.74) is 0.619. The van der Waals surface area contributed by atoms with Gasteiger partial charge < -0.3 is 15.0 Å². The first-order valence-electron chi connectivity index (χ1n) is 7.53. The minimum atomic E-state index is -0.0499. The van der Waals surface area contributed by atoms with E-state index in [1.165, 1.54) is 19.3 Å². The zero-order valence-corrected chi connectivity index (χ0v) is 12.2. The number of nitrogens with one attached hydrogen (secondary N) is 1. The SMILES string of the molecule is CCOc1ccccc1C(=O)NCCN1CCCCC1. The van der Waals surface area contributed by atoms with Crippen molar-refractivity contribution in [1.29, 1.82) is 0 Å². The van der Waals surface area contributed by atoms with Crippen LogP contribution in [0, 0.1) is 0 Å². The van der Waals surface area contributed by atoms with Crippen molar-refractivity contribution in [3.8, 4) is 5.75 Å². The van der Waals surface area contributed by atoms with Crippen LogP contribution in [0.4, 0.5) is 0 Å². The molecule has 1 aromatic rings. The first-order valence-corrected chi connectivity index (χ1v) is 7.53. The highest BCUT2D eigenvalue weighted by molar-refractivity contribution is 5.96. The zero-order chi connectivity index (χ0) is 14.2. The van der Waals surface area contributed by atoms with Crippen LogP contribution >= 0.6 is 0 Å². The Hall–Kier alpha value is -1.55. The number of carbonyl (C=O) groups excluding carboxylic acids is 1. The molecule has 4 nitrogen and oxygen atoms in total. The lowest BCUT2D eigenvalue weighted by molar-refractivity contribution is 0.0943. The van der Waals surface area contributed by atoms with Crippen molar-refractivity contribution < 1.29 is 9.53 Å². The molecule has 0 radical (unpaired) electrons. The topological polar surface area (TPSA) is 41.6 Å². The smallest absolute Gasteiger partial charge is 0.255 e. The number of rotatable bonds is 6. The van der Waals surface area contributed by atoms with E-state index < -0.39 is 0 Å². The summed E-state index contributed by atoms with van der Waals surface area (Å²) in [5.74, 6) is 0.608. The highest BCUT2D eigenvalue weighted by Gasteiger charge is 2.13. The van der Waals surface area contributed by atoms with Gasteiger partial charge in [0.1, 0.15) is 5.75 Å². The number of hydrogen-bond donors (Lipinski definition) is 1. The van der Waals surface area contributed by atoms with Gasteiger partial charge in [-0.3, -0.25) is 4.79 Å². The van der Waals surface area contributed by atoms with Gasteiger partial charge in [0.25, 0.3) is 5.91 Å². The monoisotopic (exact) mass is 276 g/mol. The van der Waals surface area contributed by atoms with Gasteiger partial charge in [0.05, 0.1) is 12.2 Å². The number of likely N-dealkylation sites (tertiary alicyclic amines) is 1. The first kappa shape index (κ1) is 14.9. The Balaban J connectivity index is 1.82. The van der Waals surface area contributed by atoms with Gasteiger partial charge in [-0.05, 0) is 45.0 Å². The zero-order valence-electron chi connectivity index (χ0n) is 12.2. The van der Waals surface area contributed by atoms with Crippen molar-refractivity contribution in [3.63, 3.8) is 0 Å². The third-order valence-corrected chi connectivity index (χ3v) is 3.59. The second-order valence-electron chi connectivity index (χ2n) is 5.09. The predicted octanol–water partition coefficient (Wildman–Crippen LogP) is 2.30. The Morgan fingerprint density at radius 3 is 2.75 bits per heavy atom. The summed E-state index contributed by atoms with van der Waals surface area (Å²) in [5, 5.41) is 2.98. The molecule has 1 amide bonds. The molecule has 1 fully saturated rings. The van der Waals surface area contributed by atoms with Gasteiger partial charge in [-0.25, -0.2) is 0 Å². The molecule has 0 saturated carbocycles. The van der Waals surface area contributed by atoms with Crippen molar-refractivity contribution in [2.75, 3.05) is 32.8 Å². The molecule has 0 unspecified atom stereocenters. The van der Waals surface area contributed by atoms with Crippen LogP contribution in [0.3, 0.4) is 0 Å². The van der Waals surface area contributed by atoms with E-state index in [2.05, 4.69) is 10.2 Å². The number of amides is 1. The summed E-state index contributed by atoms with van der Waals surface area (Å²) in [6, 6.07) is 7.39. The number of ether oxygens (including phenoxy) is 1. The number of para-hydroxylation sites is 1. The van der Waals surface area contributed by atoms with Gasteiger partial charge in [-0.2, -0.15) is 0 Å². The lowest BCUT2D eigenvalue weighted by atomic mass is 10.1. The predicted molar refractivity (Wildman–Crippen MR) is 80.2 cm³/mol. The van der Waals surface area contributed by atoms with Gasteiger partial charge in [0, 0.05) is 13.1 Å². The lowest BCUT2D eigenvalue weighted by Gasteiger charge is -2.26. The van der Waals surface area contributed by atoms with Crippen LogP contribution in [0.15, 0.2) is 24.3 Å². The minimum Gasteiger partial charge on any atom is -0.493 e. The molecule has 4 heteroatoms. The Morgan fingerprint density at radius 2 is 2.00 bits per heavy atom. The summed E-state index contributed by atoms with van der Waals surface area (Å²) >= 11 is 0. The summed E-state index contributed by atoms with van der Waals surface area (Å²) in [6.07, 6.45) is 3.90. The summed E-state index contributed by atoms with van der Waals surface area (Å²) in [7, 11) is 0. The Kier molecular flexibility index (Phi) is 5.87. The van der Waals surface area contributed by atoms with E-state index in [1.54, 1.807) is 6.07 Å². The van der Waals surface area contributed by atoms with E-state index in [4.69, 9.17) is 4.74 Å². The van der Waals surface area contributed by atoms with Gasteiger partial charge in [0.2, 0.25) is 0 Å². The highest BCUT2D eigenvalue weighted by Crippen LogP contribution is 2.17.